The second-order valence-electron chi connectivity index (χ2n) is 4.05. The molecular weight excluding hydrogens is 249 g/mol. The summed E-state index contributed by atoms with van der Waals surface area (Å²) in [6.45, 7) is 2.25. The number of anilines is 1. The van der Waals surface area contributed by atoms with Gasteiger partial charge in [-0.25, -0.2) is 9.18 Å². The molecule has 0 fully saturated rings. The second kappa shape index (κ2) is 5.56. The van der Waals surface area contributed by atoms with E-state index in [9.17, 15) is 9.18 Å². The van der Waals surface area contributed by atoms with E-state index in [1.54, 1.807) is 0 Å². The maximum Gasteiger partial charge on any atom is 0.340 e. The summed E-state index contributed by atoms with van der Waals surface area (Å²) >= 11 is 0. The fourth-order valence-corrected chi connectivity index (χ4v) is 1.71. The van der Waals surface area contributed by atoms with Crippen LogP contribution >= 0.6 is 0 Å². The zero-order valence-corrected chi connectivity index (χ0v) is 10.7. The molecule has 1 heterocycles. The summed E-state index contributed by atoms with van der Waals surface area (Å²) in [5, 5.41) is 3.02. The largest absolute Gasteiger partial charge is 0.465 e. The summed E-state index contributed by atoms with van der Waals surface area (Å²) in [5.74, 6) is 0.471. The van der Waals surface area contributed by atoms with Gasteiger partial charge < -0.3 is 14.5 Å². The number of hydrogen-bond acceptors (Lipinski definition) is 4. The molecule has 0 aliphatic rings. The number of ether oxygens (including phenoxy) is 1. The van der Waals surface area contributed by atoms with Crippen molar-refractivity contribution in [3.8, 4) is 0 Å². The summed E-state index contributed by atoms with van der Waals surface area (Å²) in [6.07, 6.45) is 0. The molecule has 0 amide bonds. The van der Waals surface area contributed by atoms with Crippen molar-refractivity contribution in [2.75, 3.05) is 12.4 Å². The lowest BCUT2D eigenvalue weighted by atomic mass is 10.1. The summed E-state index contributed by atoms with van der Waals surface area (Å²) in [5.41, 5.74) is 0.660. The second-order valence-corrected chi connectivity index (χ2v) is 4.05. The van der Waals surface area contributed by atoms with Crippen LogP contribution in [-0.4, -0.2) is 13.1 Å². The fourth-order valence-electron chi connectivity index (χ4n) is 1.71. The van der Waals surface area contributed by atoms with Crippen LogP contribution in [0, 0.1) is 12.7 Å². The Kier molecular flexibility index (Phi) is 3.85. The van der Waals surface area contributed by atoms with Crippen LogP contribution in [0.25, 0.3) is 0 Å². The SMILES string of the molecule is COC(=O)c1cc(F)ccc1NCc1ccc(C)o1. The van der Waals surface area contributed by atoms with Gasteiger partial charge in [0.05, 0.1) is 19.2 Å². The van der Waals surface area contributed by atoms with Crippen molar-refractivity contribution >= 4 is 11.7 Å². The van der Waals surface area contributed by atoms with E-state index < -0.39 is 11.8 Å². The van der Waals surface area contributed by atoms with Crippen LogP contribution in [0.3, 0.4) is 0 Å². The van der Waals surface area contributed by atoms with Crippen LogP contribution in [0.15, 0.2) is 34.7 Å². The van der Waals surface area contributed by atoms with E-state index >= 15 is 0 Å². The number of methoxy groups -OCH3 is 1. The number of nitrogens with one attached hydrogen (secondary N) is 1. The summed E-state index contributed by atoms with van der Waals surface area (Å²) in [4.78, 5) is 11.5. The Morgan fingerprint density at radius 2 is 2.16 bits per heavy atom. The van der Waals surface area contributed by atoms with Crippen LogP contribution in [0.5, 0.6) is 0 Å². The highest BCUT2D eigenvalue weighted by atomic mass is 19.1. The number of halogens is 1. The van der Waals surface area contributed by atoms with Gasteiger partial charge in [0.15, 0.2) is 0 Å². The number of esters is 1. The fraction of sp³-hybridized carbons (Fsp3) is 0.214. The number of hydrogen-bond donors (Lipinski definition) is 1. The Balaban J connectivity index is 2.17. The van der Waals surface area contributed by atoms with Crippen LogP contribution in [0.1, 0.15) is 21.9 Å². The van der Waals surface area contributed by atoms with Crippen LogP contribution in [0.2, 0.25) is 0 Å². The maximum absolute atomic E-state index is 13.2. The Morgan fingerprint density at radius 1 is 1.37 bits per heavy atom. The van der Waals surface area contributed by atoms with E-state index in [1.807, 2.05) is 19.1 Å². The monoisotopic (exact) mass is 263 g/mol. The molecule has 0 radical (unpaired) electrons. The molecule has 0 bridgehead atoms. The van der Waals surface area contributed by atoms with Crippen molar-refractivity contribution < 1.29 is 18.3 Å². The molecule has 2 aromatic rings. The minimum absolute atomic E-state index is 0.158. The standard InChI is InChI=1S/C14H14FNO3/c1-9-3-5-11(19-9)8-16-13-6-4-10(15)7-12(13)14(17)18-2/h3-7,16H,8H2,1-2H3. The molecule has 0 spiro atoms. The molecule has 0 saturated carbocycles. The number of rotatable bonds is 4. The van der Waals surface area contributed by atoms with E-state index in [0.29, 0.717) is 12.2 Å². The molecule has 0 unspecified atom stereocenters. The van der Waals surface area contributed by atoms with Crippen LogP contribution in [-0.2, 0) is 11.3 Å². The van der Waals surface area contributed by atoms with E-state index in [0.717, 1.165) is 17.6 Å². The molecule has 2 rings (SSSR count). The van der Waals surface area contributed by atoms with Gasteiger partial charge in [0, 0.05) is 5.69 Å². The third-order valence-electron chi connectivity index (χ3n) is 2.64. The lowest BCUT2D eigenvalue weighted by molar-refractivity contribution is 0.0601. The van der Waals surface area contributed by atoms with Gasteiger partial charge in [-0.05, 0) is 37.3 Å². The molecule has 4 nitrogen and oxygen atoms in total. The molecule has 100 valence electrons. The van der Waals surface area contributed by atoms with Crippen LogP contribution < -0.4 is 5.32 Å². The molecule has 1 aromatic heterocycles. The van der Waals surface area contributed by atoms with Gasteiger partial charge in [0.2, 0.25) is 0 Å². The van der Waals surface area contributed by atoms with Gasteiger partial charge in [-0.1, -0.05) is 0 Å². The Labute approximate surface area is 110 Å². The van der Waals surface area contributed by atoms with E-state index in [2.05, 4.69) is 10.1 Å². The predicted molar refractivity (Wildman–Crippen MR) is 68.5 cm³/mol. The van der Waals surface area contributed by atoms with Gasteiger partial charge in [0.25, 0.3) is 0 Å². The number of carbonyl (C=O) groups is 1. The highest BCUT2D eigenvalue weighted by molar-refractivity contribution is 5.95. The summed E-state index contributed by atoms with van der Waals surface area (Å²) < 4.78 is 23.2. The number of carbonyl (C=O) groups excluding carboxylic acids is 1. The zero-order valence-electron chi connectivity index (χ0n) is 10.7. The Morgan fingerprint density at radius 3 is 2.79 bits per heavy atom. The quantitative estimate of drug-likeness (QED) is 0.861. The van der Waals surface area contributed by atoms with Gasteiger partial charge in [0.1, 0.15) is 17.3 Å². The number of aryl methyl sites for hydroxylation is 1. The van der Waals surface area contributed by atoms with Crippen molar-refractivity contribution in [1.29, 1.82) is 0 Å². The maximum atomic E-state index is 13.2. The summed E-state index contributed by atoms with van der Waals surface area (Å²) in [6, 6.07) is 7.60. The van der Waals surface area contributed by atoms with Crippen LogP contribution in [0.4, 0.5) is 10.1 Å². The third kappa shape index (κ3) is 3.13. The molecular formula is C14H14FNO3. The molecule has 0 aliphatic heterocycles. The van der Waals surface area contributed by atoms with E-state index in [1.165, 1.54) is 19.2 Å². The molecule has 1 N–H and O–H groups in total. The normalized spacial score (nSPS) is 10.3. The number of furan rings is 1. The minimum Gasteiger partial charge on any atom is -0.465 e. The molecule has 19 heavy (non-hydrogen) atoms. The average Bonchev–Trinajstić information content (AvgIpc) is 2.82. The minimum atomic E-state index is -0.586. The van der Waals surface area contributed by atoms with Gasteiger partial charge >= 0.3 is 5.97 Å². The van der Waals surface area contributed by atoms with Gasteiger partial charge in [-0.15, -0.1) is 0 Å². The average molecular weight is 263 g/mol. The Bertz CT molecular complexity index is 592. The molecule has 5 heteroatoms. The lowest BCUT2D eigenvalue weighted by Crippen LogP contribution is -2.08. The number of benzene rings is 1. The molecule has 0 atom stereocenters. The zero-order chi connectivity index (χ0) is 13.8. The van der Waals surface area contributed by atoms with Crippen molar-refractivity contribution in [2.24, 2.45) is 0 Å². The first kappa shape index (κ1) is 13.1. The van der Waals surface area contributed by atoms with E-state index in [4.69, 9.17) is 4.42 Å². The lowest BCUT2D eigenvalue weighted by Gasteiger charge is -2.09. The van der Waals surface area contributed by atoms with Crippen molar-refractivity contribution in [2.45, 2.75) is 13.5 Å². The molecule has 0 aliphatic carbocycles. The first-order chi connectivity index (χ1) is 9.10. The van der Waals surface area contributed by atoms with Crippen molar-refractivity contribution in [1.82, 2.24) is 0 Å². The summed E-state index contributed by atoms with van der Waals surface area (Å²) in [7, 11) is 1.26. The smallest absolute Gasteiger partial charge is 0.340 e. The predicted octanol–water partition coefficient (Wildman–Crippen LogP) is 3.13. The third-order valence-corrected chi connectivity index (χ3v) is 2.64. The topological polar surface area (TPSA) is 51.5 Å². The Hall–Kier alpha value is -2.30. The first-order valence-corrected chi connectivity index (χ1v) is 5.77. The van der Waals surface area contributed by atoms with E-state index in [-0.39, 0.29) is 5.56 Å². The van der Waals surface area contributed by atoms with Gasteiger partial charge in [-0.3, -0.25) is 0 Å². The van der Waals surface area contributed by atoms with Crippen molar-refractivity contribution in [3.05, 3.63) is 53.2 Å². The highest BCUT2D eigenvalue weighted by Gasteiger charge is 2.13. The first-order valence-electron chi connectivity index (χ1n) is 5.77. The van der Waals surface area contributed by atoms with Crippen molar-refractivity contribution in [3.63, 3.8) is 0 Å². The molecule has 1 aromatic carbocycles. The van der Waals surface area contributed by atoms with Gasteiger partial charge in [-0.2, -0.15) is 0 Å². The molecule has 0 saturated heterocycles. The highest BCUT2D eigenvalue weighted by Crippen LogP contribution is 2.19.